The van der Waals surface area contributed by atoms with E-state index >= 15 is 0 Å². The highest BCUT2D eigenvalue weighted by Crippen LogP contribution is 2.23. The molecule has 146 valence electrons. The molecule has 2 N–H and O–H groups in total. The van der Waals surface area contributed by atoms with Crippen LogP contribution in [0.25, 0.3) is 0 Å². The molecule has 0 saturated carbocycles. The van der Waals surface area contributed by atoms with Crippen LogP contribution < -0.4 is 10.6 Å². The number of aryl methyl sites for hydroxylation is 1. The maximum Gasteiger partial charge on any atom is 0.287 e. The number of halogens is 1. The third-order valence-corrected chi connectivity index (χ3v) is 4.76. The first-order valence-electron chi connectivity index (χ1n) is 9.04. The molecular weight excluding hydrogens is 366 g/mol. The fraction of sp³-hybridized carbons (Fsp3) is 0.400. The van der Waals surface area contributed by atoms with Crippen molar-refractivity contribution in [2.24, 2.45) is 0 Å². The number of furan rings is 1. The SMILES string of the molecule is CCc1ccc(C2CNCCN2C(=O)C(C)NC(=O)c2ccco2)cc1.Cl. The monoisotopic (exact) mass is 391 g/mol. The maximum absolute atomic E-state index is 13.0. The van der Waals surface area contributed by atoms with Crippen LogP contribution in [0.5, 0.6) is 0 Å². The topological polar surface area (TPSA) is 74.6 Å². The summed E-state index contributed by atoms with van der Waals surface area (Å²) < 4.78 is 5.09. The molecule has 0 spiro atoms. The summed E-state index contributed by atoms with van der Waals surface area (Å²) in [5.41, 5.74) is 2.38. The fourth-order valence-electron chi connectivity index (χ4n) is 3.23. The van der Waals surface area contributed by atoms with E-state index in [-0.39, 0.29) is 36.0 Å². The van der Waals surface area contributed by atoms with Gasteiger partial charge in [0.2, 0.25) is 5.91 Å². The average Bonchev–Trinajstić information content (AvgIpc) is 3.22. The van der Waals surface area contributed by atoms with Crippen molar-refractivity contribution in [1.82, 2.24) is 15.5 Å². The van der Waals surface area contributed by atoms with Crippen molar-refractivity contribution in [3.05, 3.63) is 59.5 Å². The summed E-state index contributed by atoms with van der Waals surface area (Å²) in [5, 5.41) is 6.08. The standard InChI is InChI=1S/C20H25N3O3.ClH/c1-3-15-6-8-16(9-7-15)17-13-21-10-11-23(17)20(25)14(2)22-19(24)18-5-4-12-26-18;/h4-9,12,14,17,21H,3,10-11,13H2,1-2H3,(H,22,24);1H. The van der Waals surface area contributed by atoms with Crippen molar-refractivity contribution in [2.45, 2.75) is 32.4 Å². The van der Waals surface area contributed by atoms with Crippen LogP contribution in [-0.2, 0) is 11.2 Å². The Bertz CT molecular complexity index is 746. The maximum atomic E-state index is 13.0. The number of hydrogen-bond donors (Lipinski definition) is 2. The predicted molar refractivity (Wildman–Crippen MR) is 106 cm³/mol. The smallest absolute Gasteiger partial charge is 0.287 e. The quantitative estimate of drug-likeness (QED) is 0.821. The fourth-order valence-corrected chi connectivity index (χ4v) is 3.23. The van der Waals surface area contributed by atoms with Crippen LogP contribution in [0.1, 0.15) is 41.6 Å². The zero-order chi connectivity index (χ0) is 18.5. The van der Waals surface area contributed by atoms with E-state index < -0.39 is 6.04 Å². The summed E-state index contributed by atoms with van der Waals surface area (Å²) in [6.45, 7) is 5.89. The summed E-state index contributed by atoms with van der Waals surface area (Å²) in [7, 11) is 0. The van der Waals surface area contributed by atoms with Gasteiger partial charge in [0, 0.05) is 19.6 Å². The molecule has 1 saturated heterocycles. The predicted octanol–water partition coefficient (Wildman–Crippen LogP) is 2.56. The number of nitrogens with zero attached hydrogens (tertiary/aromatic N) is 1. The molecule has 1 aliphatic heterocycles. The van der Waals surface area contributed by atoms with Crippen LogP contribution in [0.15, 0.2) is 47.1 Å². The van der Waals surface area contributed by atoms with Gasteiger partial charge in [0.1, 0.15) is 6.04 Å². The van der Waals surface area contributed by atoms with Gasteiger partial charge >= 0.3 is 0 Å². The molecule has 2 aromatic rings. The van der Waals surface area contributed by atoms with E-state index in [2.05, 4.69) is 41.8 Å². The number of hydrogen-bond acceptors (Lipinski definition) is 4. The van der Waals surface area contributed by atoms with Gasteiger partial charge in [-0.3, -0.25) is 9.59 Å². The van der Waals surface area contributed by atoms with Gasteiger partial charge in [-0.1, -0.05) is 31.2 Å². The molecule has 1 aromatic heterocycles. The van der Waals surface area contributed by atoms with Crippen LogP contribution in [0.3, 0.4) is 0 Å². The average molecular weight is 392 g/mol. The van der Waals surface area contributed by atoms with Crippen LogP contribution in [0.2, 0.25) is 0 Å². The Kier molecular flexibility index (Phi) is 7.45. The first-order chi connectivity index (χ1) is 12.6. The van der Waals surface area contributed by atoms with Crippen molar-refractivity contribution in [2.75, 3.05) is 19.6 Å². The molecule has 2 heterocycles. The lowest BCUT2D eigenvalue weighted by molar-refractivity contribution is -0.136. The zero-order valence-electron chi connectivity index (χ0n) is 15.6. The number of carbonyl (C=O) groups excluding carboxylic acids is 2. The second-order valence-electron chi connectivity index (χ2n) is 6.52. The molecule has 27 heavy (non-hydrogen) atoms. The summed E-state index contributed by atoms with van der Waals surface area (Å²) in [6.07, 6.45) is 2.43. The number of rotatable bonds is 5. The van der Waals surface area contributed by atoms with Crippen molar-refractivity contribution in [3.63, 3.8) is 0 Å². The number of amides is 2. The molecular formula is C20H26ClN3O3. The number of benzene rings is 1. The van der Waals surface area contributed by atoms with E-state index in [9.17, 15) is 9.59 Å². The summed E-state index contributed by atoms with van der Waals surface area (Å²) in [5.74, 6) is -0.262. The molecule has 1 aliphatic rings. The van der Waals surface area contributed by atoms with Crippen molar-refractivity contribution >= 4 is 24.2 Å². The van der Waals surface area contributed by atoms with Crippen molar-refractivity contribution < 1.29 is 14.0 Å². The Morgan fingerprint density at radius 2 is 2.04 bits per heavy atom. The second kappa shape index (κ2) is 9.58. The highest BCUT2D eigenvalue weighted by atomic mass is 35.5. The van der Waals surface area contributed by atoms with E-state index in [0.717, 1.165) is 18.5 Å². The summed E-state index contributed by atoms with van der Waals surface area (Å²) in [4.78, 5) is 27.0. The van der Waals surface area contributed by atoms with E-state index in [0.29, 0.717) is 13.1 Å². The van der Waals surface area contributed by atoms with Gasteiger partial charge in [-0.2, -0.15) is 0 Å². The van der Waals surface area contributed by atoms with E-state index in [1.165, 1.54) is 11.8 Å². The van der Waals surface area contributed by atoms with Crippen LogP contribution in [0.4, 0.5) is 0 Å². The molecule has 1 fully saturated rings. The Morgan fingerprint density at radius 1 is 1.30 bits per heavy atom. The third-order valence-electron chi connectivity index (χ3n) is 4.76. The zero-order valence-corrected chi connectivity index (χ0v) is 16.4. The highest BCUT2D eigenvalue weighted by Gasteiger charge is 2.31. The van der Waals surface area contributed by atoms with Crippen LogP contribution in [-0.4, -0.2) is 42.4 Å². The van der Waals surface area contributed by atoms with E-state index in [4.69, 9.17) is 4.42 Å². The number of carbonyl (C=O) groups is 2. The molecule has 0 bridgehead atoms. The lowest BCUT2D eigenvalue weighted by Crippen LogP contribution is -2.54. The Morgan fingerprint density at radius 3 is 2.67 bits per heavy atom. The van der Waals surface area contributed by atoms with Gasteiger partial charge in [0.15, 0.2) is 5.76 Å². The van der Waals surface area contributed by atoms with Gasteiger partial charge in [0.25, 0.3) is 5.91 Å². The normalized spacial score (nSPS) is 17.7. The minimum absolute atomic E-state index is 0. The van der Waals surface area contributed by atoms with Gasteiger partial charge < -0.3 is 20.0 Å². The van der Waals surface area contributed by atoms with E-state index in [1.807, 2.05) is 4.90 Å². The second-order valence-corrected chi connectivity index (χ2v) is 6.52. The van der Waals surface area contributed by atoms with Gasteiger partial charge in [-0.25, -0.2) is 0 Å². The largest absolute Gasteiger partial charge is 0.459 e. The lowest BCUT2D eigenvalue weighted by atomic mass is 10.00. The molecule has 1 aromatic carbocycles. The van der Waals surface area contributed by atoms with Gasteiger partial charge in [-0.15, -0.1) is 12.4 Å². The molecule has 0 aliphatic carbocycles. The highest BCUT2D eigenvalue weighted by molar-refractivity contribution is 5.95. The van der Waals surface area contributed by atoms with Crippen molar-refractivity contribution in [3.8, 4) is 0 Å². The molecule has 3 rings (SSSR count). The van der Waals surface area contributed by atoms with Gasteiger partial charge in [0.05, 0.1) is 12.3 Å². The summed E-state index contributed by atoms with van der Waals surface area (Å²) >= 11 is 0. The Balaban J connectivity index is 0.00000261. The minimum Gasteiger partial charge on any atom is -0.459 e. The van der Waals surface area contributed by atoms with Gasteiger partial charge in [-0.05, 0) is 36.6 Å². The molecule has 0 radical (unpaired) electrons. The Hall–Kier alpha value is -2.31. The molecule has 6 nitrogen and oxygen atoms in total. The first-order valence-corrected chi connectivity index (χ1v) is 9.04. The Labute approximate surface area is 165 Å². The van der Waals surface area contributed by atoms with Crippen molar-refractivity contribution in [1.29, 1.82) is 0 Å². The molecule has 2 unspecified atom stereocenters. The lowest BCUT2D eigenvalue weighted by Gasteiger charge is -2.38. The number of nitrogens with one attached hydrogen (secondary N) is 2. The molecule has 7 heteroatoms. The van der Waals surface area contributed by atoms with E-state index in [1.54, 1.807) is 19.1 Å². The number of piperazine rings is 1. The summed E-state index contributed by atoms with van der Waals surface area (Å²) in [6, 6.07) is 11.0. The third kappa shape index (κ3) is 4.90. The van der Waals surface area contributed by atoms with Crippen LogP contribution >= 0.6 is 12.4 Å². The first kappa shape index (κ1) is 21.0. The molecule has 2 amide bonds. The van der Waals surface area contributed by atoms with Crippen LogP contribution in [0, 0.1) is 0 Å². The molecule has 2 atom stereocenters. The minimum atomic E-state index is -0.622.